The molecule has 0 aromatic heterocycles. The average Bonchev–Trinajstić information content (AvgIpc) is 2.77. The van der Waals surface area contributed by atoms with Crippen LogP contribution in [0.2, 0.25) is 0 Å². The second kappa shape index (κ2) is 10.0. The summed E-state index contributed by atoms with van der Waals surface area (Å²) in [5, 5.41) is 0. The Morgan fingerprint density at radius 2 is 1.69 bits per heavy atom. The van der Waals surface area contributed by atoms with E-state index in [9.17, 15) is 13.2 Å². The fraction of sp³-hybridized carbons (Fsp3) is 0.409. The normalized spacial score (nSPS) is 15.4. The molecule has 29 heavy (non-hydrogen) atoms. The van der Waals surface area contributed by atoms with Gasteiger partial charge in [-0.3, -0.25) is 4.79 Å². The van der Waals surface area contributed by atoms with Crippen molar-refractivity contribution in [2.24, 2.45) is 0 Å². The second-order valence-electron chi connectivity index (χ2n) is 7.12. The minimum absolute atomic E-state index is 0.0761. The van der Waals surface area contributed by atoms with Gasteiger partial charge in [0.05, 0.1) is 30.0 Å². The molecule has 0 unspecified atom stereocenters. The highest BCUT2D eigenvalue weighted by Crippen LogP contribution is 2.19. The molecule has 3 rings (SSSR count). The monoisotopic (exact) mass is 417 g/mol. The number of amides is 1. The number of rotatable bonds is 8. The maximum absolute atomic E-state index is 12.7. The number of methoxy groups -OCH3 is 1. The first kappa shape index (κ1) is 21.5. The number of likely N-dealkylation sites (tertiary alicyclic amines) is 1. The highest BCUT2D eigenvalue weighted by Gasteiger charge is 2.24. The fourth-order valence-corrected chi connectivity index (χ4v) is 4.48. The van der Waals surface area contributed by atoms with E-state index in [0.29, 0.717) is 25.3 Å². The lowest BCUT2D eigenvalue weighted by molar-refractivity contribution is -0.000382. The van der Waals surface area contributed by atoms with Crippen LogP contribution in [-0.2, 0) is 25.9 Å². The van der Waals surface area contributed by atoms with Crippen LogP contribution in [0.4, 0.5) is 0 Å². The Morgan fingerprint density at radius 3 is 2.31 bits per heavy atom. The molecule has 7 heteroatoms. The summed E-state index contributed by atoms with van der Waals surface area (Å²) in [6, 6.07) is 16.2. The molecular formula is C22H27NO5S. The number of carbonyl (C=O) groups is 1. The molecule has 6 nitrogen and oxygen atoms in total. The van der Waals surface area contributed by atoms with Crippen molar-refractivity contribution >= 4 is 15.7 Å². The Kier molecular flexibility index (Phi) is 7.41. The van der Waals surface area contributed by atoms with Crippen LogP contribution in [0.15, 0.2) is 59.5 Å². The van der Waals surface area contributed by atoms with Gasteiger partial charge in [-0.25, -0.2) is 8.42 Å². The molecule has 0 aliphatic carbocycles. The highest BCUT2D eigenvalue weighted by atomic mass is 32.2. The van der Waals surface area contributed by atoms with E-state index in [4.69, 9.17) is 9.47 Å². The Bertz CT molecular complexity index is 889. The van der Waals surface area contributed by atoms with Gasteiger partial charge in [0, 0.05) is 25.8 Å². The number of piperidine rings is 1. The van der Waals surface area contributed by atoms with Gasteiger partial charge in [0.2, 0.25) is 0 Å². The number of ether oxygens (including phenoxy) is 2. The molecule has 1 aliphatic heterocycles. The number of hydrogen-bond acceptors (Lipinski definition) is 5. The van der Waals surface area contributed by atoms with E-state index < -0.39 is 9.84 Å². The summed E-state index contributed by atoms with van der Waals surface area (Å²) in [4.78, 5) is 14.7. The number of sulfone groups is 1. The molecule has 0 radical (unpaired) electrons. The Morgan fingerprint density at radius 1 is 1.03 bits per heavy atom. The van der Waals surface area contributed by atoms with E-state index in [1.807, 2.05) is 30.3 Å². The summed E-state index contributed by atoms with van der Waals surface area (Å²) < 4.78 is 35.2. The molecule has 2 aromatic rings. The largest absolute Gasteiger partial charge is 0.384 e. The van der Waals surface area contributed by atoms with Crippen molar-refractivity contribution in [2.45, 2.75) is 30.4 Å². The summed E-state index contributed by atoms with van der Waals surface area (Å²) in [6.07, 6.45) is 1.73. The molecule has 0 saturated carbocycles. The van der Waals surface area contributed by atoms with Gasteiger partial charge in [0.1, 0.15) is 0 Å². The first-order valence-corrected chi connectivity index (χ1v) is 11.4. The van der Waals surface area contributed by atoms with E-state index in [2.05, 4.69) is 0 Å². The zero-order valence-electron chi connectivity index (χ0n) is 16.6. The Labute approximate surface area is 172 Å². The van der Waals surface area contributed by atoms with Crippen LogP contribution in [0.25, 0.3) is 0 Å². The van der Waals surface area contributed by atoms with Crippen LogP contribution in [0, 0.1) is 0 Å². The van der Waals surface area contributed by atoms with Crippen molar-refractivity contribution < 1.29 is 22.7 Å². The summed E-state index contributed by atoms with van der Waals surface area (Å²) in [6.45, 7) is 1.99. The van der Waals surface area contributed by atoms with Crippen LogP contribution in [-0.4, -0.2) is 57.9 Å². The van der Waals surface area contributed by atoms with Crippen LogP contribution < -0.4 is 0 Å². The smallest absolute Gasteiger partial charge is 0.253 e. The third-order valence-electron chi connectivity index (χ3n) is 5.07. The third kappa shape index (κ3) is 5.88. The quantitative estimate of drug-likeness (QED) is 0.660. The van der Waals surface area contributed by atoms with Crippen LogP contribution in [0.1, 0.15) is 28.8 Å². The van der Waals surface area contributed by atoms with Crippen molar-refractivity contribution in [3.63, 3.8) is 0 Å². The van der Waals surface area contributed by atoms with E-state index in [1.165, 1.54) is 19.2 Å². The Balaban J connectivity index is 1.51. The van der Waals surface area contributed by atoms with Gasteiger partial charge in [-0.15, -0.1) is 0 Å². The van der Waals surface area contributed by atoms with Gasteiger partial charge in [-0.05, 0) is 42.7 Å². The van der Waals surface area contributed by atoms with E-state index in [0.717, 1.165) is 18.4 Å². The molecule has 0 bridgehead atoms. The summed E-state index contributed by atoms with van der Waals surface area (Å²) in [7, 11) is -1.93. The van der Waals surface area contributed by atoms with Crippen molar-refractivity contribution in [3.8, 4) is 0 Å². The van der Waals surface area contributed by atoms with Crippen molar-refractivity contribution in [3.05, 3.63) is 65.7 Å². The number of benzene rings is 2. The zero-order chi connectivity index (χ0) is 20.7. The van der Waals surface area contributed by atoms with Gasteiger partial charge >= 0.3 is 0 Å². The first-order valence-electron chi connectivity index (χ1n) is 9.76. The molecular weight excluding hydrogens is 390 g/mol. The van der Waals surface area contributed by atoms with E-state index >= 15 is 0 Å². The van der Waals surface area contributed by atoms with Crippen molar-refractivity contribution in [2.75, 3.05) is 32.6 Å². The third-order valence-corrected chi connectivity index (χ3v) is 6.77. The van der Waals surface area contributed by atoms with E-state index in [-0.39, 0.29) is 29.3 Å². The minimum Gasteiger partial charge on any atom is -0.384 e. The molecule has 1 amide bonds. The van der Waals surface area contributed by atoms with Crippen molar-refractivity contribution in [1.82, 2.24) is 4.90 Å². The second-order valence-corrected chi connectivity index (χ2v) is 9.23. The Hall–Kier alpha value is -2.22. The number of hydrogen-bond donors (Lipinski definition) is 0. The predicted octanol–water partition coefficient (Wildman–Crippen LogP) is 2.93. The van der Waals surface area contributed by atoms with Crippen LogP contribution >= 0.6 is 0 Å². The highest BCUT2D eigenvalue weighted by molar-refractivity contribution is 7.91. The summed E-state index contributed by atoms with van der Waals surface area (Å²) in [5.41, 5.74) is 1.64. The van der Waals surface area contributed by atoms with E-state index in [1.54, 1.807) is 17.0 Å². The topological polar surface area (TPSA) is 72.9 Å². The molecule has 0 N–H and O–H groups in total. The lowest BCUT2D eigenvalue weighted by Crippen LogP contribution is -2.40. The van der Waals surface area contributed by atoms with Gasteiger partial charge in [0.25, 0.3) is 5.91 Å². The molecule has 156 valence electrons. The maximum Gasteiger partial charge on any atom is 0.253 e. The standard InChI is InChI=1S/C22H27NO5S/c1-27-15-16-29(25,26)21-9-7-19(8-10-21)22(24)23-13-11-20(12-14-23)28-17-18-5-3-2-4-6-18/h2-10,20H,11-17H2,1H3. The first-order chi connectivity index (χ1) is 14.0. The lowest BCUT2D eigenvalue weighted by atomic mass is 10.1. The van der Waals surface area contributed by atoms with Crippen LogP contribution in [0.3, 0.4) is 0 Å². The SMILES string of the molecule is COCCS(=O)(=O)c1ccc(C(=O)N2CCC(OCc3ccccc3)CC2)cc1. The lowest BCUT2D eigenvalue weighted by Gasteiger charge is -2.32. The number of carbonyl (C=O) groups excluding carboxylic acids is 1. The van der Waals surface area contributed by atoms with Gasteiger partial charge in [-0.1, -0.05) is 30.3 Å². The zero-order valence-corrected chi connectivity index (χ0v) is 17.4. The summed E-state index contributed by atoms with van der Waals surface area (Å²) in [5.74, 6) is -0.153. The fourth-order valence-electron chi connectivity index (χ4n) is 3.31. The average molecular weight is 418 g/mol. The molecule has 0 atom stereocenters. The van der Waals surface area contributed by atoms with Gasteiger partial charge < -0.3 is 14.4 Å². The van der Waals surface area contributed by atoms with Crippen LogP contribution in [0.5, 0.6) is 0 Å². The number of nitrogens with zero attached hydrogens (tertiary/aromatic N) is 1. The van der Waals surface area contributed by atoms with Gasteiger partial charge in [-0.2, -0.15) is 0 Å². The predicted molar refractivity (Wildman–Crippen MR) is 111 cm³/mol. The van der Waals surface area contributed by atoms with Gasteiger partial charge in [0.15, 0.2) is 9.84 Å². The molecule has 2 aromatic carbocycles. The molecule has 1 fully saturated rings. The summed E-state index contributed by atoms with van der Waals surface area (Å²) >= 11 is 0. The maximum atomic E-state index is 12.7. The molecule has 1 aliphatic rings. The molecule has 1 saturated heterocycles. The minimum atomic E-state index is -3.39. The molecule has 1 heterocycles. The van der Waals surface area contributed by atoms with Crippen molar-refractivity contribution in [1.29, 1.82) is 0 Å². The molecule has 0 spiro atoms.